The second kappa shape index (κ2) is 75.1. The van der Waals surface area contributed by atoms with Gasteiger partial charge < -0.3 is 33.8 Å². The molecule has 0 amide bonds. The Bertz CT molecular complexity index is 2740. The quantitative estimate of drug-likeness (QED) is 0.0169. The molecule has 0 aliphatic carbocycles. The smallest absolute Gasteiger partial charge is 0.462 e. The van der Waals surface area contributed by atoms with Crippen molar-refractivity contribution in [3.8, 4) is 0 Å². The first-order valence-corrected chi connectivity index (χ1v) is 41.7. The number of rotatable bonds is 70. The average molecular weight is 1490 g/mol. The van der Waals surface area contributed by atoms with Crippen LogP contribution in [0.5, 0.6) is 0 Å². The summed E-state index contributed by atoms with van der Waals surface area (Å²) in [4.78, 5) is 72.9. The summed E-state index contributed by atoms with van der Waals surface area (Å²) in [5, 5.41) is 10.6. The van der Waals surface area contributed by atoms with Gasteiger partial charge in [0.25, 0.3) is 0 Å². The Hall–Kier alpha value is -6.10. The van der Waals surface area contributed by atoms with Crippen molar-refractivity contribution < 1.29 is 80.2 Å². The van der Waals surface area contributed by atoms with Crippen LogP contribution in [0.4, 0.5) is 0 Å². The van der Waals surface area contributed by atoms with Gasteiger partial charge in [-0.2, -0.15) is 0 Å². The van der Waals surface area contributed by atoms with Gasteiger partial charge in [0.05, 0.1) is 26.4 Å². The Morgan fingerprint density at radius 2 is 0.519 bits per heavy atom. The highest BCUT2D eigenvalue weighted by Crippen LogP contribution is 2.45. The Kier molecular flexibility index (Phi) is 70.7. The highest BCUT2D eigenvalue weighted by Gasteiger charge is 2.30. The summed E-state index contributed by atoms with van der Waals surface area (Å²) >= 11 is 0. The van der Waals surface area contributed by atoms with Crippen molar-refractivity contribution in [3.05, 3.63) is 194 Å². The topological polar surface area (TPSA) is 237 Å². The predicted molar refractivity (Wildman–Crippen MR) is 426 cm³/mol. The number of ether oxygens (including phenoxy) is 4. The van der Waals surface area contributed by atoms with Crippen LogP contribution in [0, 0.1) is 0 Å². The molecule has 586 valence electrons. The summed E-state index contributed by atoms with van der Waals surface area (Å²) in [6, 6.07) is 0. The average Bonchev–Trinajstić information content (AvgIpc) is 0.931. The van der Waals surface area contributed by atoms with Crippen molar-refractivity contribution in [2.45, 2.75) is 277 Å². The molecule has 0 aliphatic heterocycles. The van der Waals surface area contributed by atoms with E-state index in [4.69, 9.17) is 37.0 Å². The summed E-state index contributed by atoms with van der Waals surface area (Å²) < 4.78 is 68.3. The van der Waals surface area contributed by atoms with Gasteiger partial charge in [0, 0.05) is 25.7 Å². The zero-order valence-electron chi connectivity index (χ0n) is 63.9. The lowest BCUT2D eigenvalue weighted by Gasteiger charge is -2.21. The molecule has 0 fully saturated rings. The number of allylic oxidation sites excluding steroid dienone is 32. The van der Waals surface area contributed by atoms with Gasteiger partial charge in [0.1, 0.15) is 19.3 Å². The van der Waals surface area contributed by atoms with Gasteiger partial charge in [-0.25, -0.2) is 9.13 Å². The predicted octanol–water partition coefficient (Wildman–Crippen LogP) is 22.5. The maximum atomic E-state index is 13.1. The normalized spacial score (nSPS) is 15.0. The van der Waals surface area contributed by atoms with E-state index in [0.29, 0.717) is 38.5 Å². The first-order valence-electron chi connectivity index (χ1n) is 38.7. The molecule has 0 aromatic heterocycles. The number of unbranched alkanes of at least 4 members (excludes halogenated alkanes) is 12. The summed E-state index contributed by atoms with van der Waals surface area (Å²) in [7, 11) is -10.0. The van der Waals surface area contributed by atoms with Crippen molar-refractivity contribution in [2.75, 3.05) is 39.6 Å². The molecule has 5 atom stereocenters. The van der Waals surface area contributed by atoms with Crippen molar-refractivity contribution in [2.24, 2.45) is 0 Å². The van der Waals surface area contributed by atoms with Crippen LogP contribution >= 0.6 is 15.6 Å². The first-order chi connectivity index (χ1) is 50.7. The second-order valence-corrected chi connectivity index (χ2v) is 27.7. The monoisotopic (exact) mass is 1490 g/mol. The minimum Gasteiger partial charge on any atom is -0.462 e. The molecule has 0 rings (SSSR count). The van der Waals surface area contributed by atoms with Crippen LogP contribution in [-0.4, -0.2) is 96.7 Å². The maximum absolute atomic E-state index is 13.1. The van der Waals surface area contributed by atoms with Crippen LogP contribution in [0.1, 0.15) is 259 Å². The minimum atomic E-state index is -5.01. The molecule has 0 spiro atoms. The number of aliphatic hydroxyl groups excluding tert-OH is 1. The summed E-state index contributed by atoms with van der Waals surface area (Å²) in [5.41, 5.74) is 0. The molecular formula is C85H134O17P2. The highest BCUT2D eigenvalue weighted by atomic mass is 31.2. The van der Waals surface area contributed by atoms with Gasteiger partial charge in [-0.05, 0) is 167 Å². The number of phosphoric acid groups is 2. The lowest BCUT2D eigenvalue weighted by Crippen LogP contribution is -2.30. The standard InChI is InChI=1S/C85H134O17P2/c1-5-9-13-17-21-25-29-32-35-37-39-41-44-46-50-53-57-61-65-69-82(87)95-75-80(101-84(89)71-67-63-59-55-49-28-24-20-16-12-8-4)77-99-103(91,92)97-73-79(86)74-98-104(93,94)100-78-81(102-85(90)72-68-64-60-56-52-48-43-34-31-27-23-19-15-11-7-3)76-96-83(88)70-66-62-58-54-51-47-45-42-40-38-36-33-30-26-22-18-14-10-6-2/h9-11,13-15,20-27,32-36,39-43,46-47,50-52,56-57,61,79-81,86H,5-8,12,16-19,28-31,37-38,44-45,48-49,53-55,58-60,62-78H2,1-4H3,(H,91,92)(H,93,94)/b13-9-,14-10-,15-11-,24-20-,25-21-,26-22-,27-23-,35-32-,36-33-,41-39-,42-40-,43-34-,50-46-,51-47-,56-52-,61-57-. The van der Waals surface area contributed by atoms with Crippen molar-refractivity contribution in [1.29, 1.82) is 0 Å². The maximum Gasteiger partial charge on any atom is 0.472 e. The number of aliphatic hydroxyl groups is 1. The third-order valence-electron chi connectivity index (χ3n) is 15.0. The molecule has 0 heterocycles. The fourth-order valence-electron chi connectivity index (χ4n) is 9.24. The fraction of sp³-hybridized carbons (Fsp3) is 0.576. The van der Waals surface area contributed by atoms with E-state index in [9.17, 15) is 43.2 Å². The van der Waals surface area contributed by atoms with Gasteiger partial charge in [-0.3, -0.25) is 37.3 Å². The molecule has 5 unspecified atom stereocenters. The number of hydrogen-bond acceptors (Lipinski definition) is 15. The van der Waals surface area contributed by atoms with Crippen LogP contribution in [0.15, 0.2) is 194 Å². The molecule has 0 bridgehead atoms. The van der Waals surface area contributed by atoms with Gasteiger partial charge in [-0.15, -0.1) is 0 Å². The van der Waals surface area contributed by atoms with Gasteiger partial charge in [-0.1, -0.05) is 261 Å². The van der Waals surface area contributed by atoms with E-state index in [2.05, 4.69) is 204 Å². The molecular weight excluding hydrogens is 1350 g/mol. The van der Waals surface area contributed by atoms with E-state index in [1.165, 1.54) is 6.42 Å². The number of hydrogen-bond donors (Lipinski definition) is 3. The molecule has 0 radical (unpaired) electrons. The molecule has 0 saturated heterocycles. The van der Waals surface area contributed by atoms with E-state index < -0.39 is 97.5 Å². The van der Waals surface area contributed by atoms with Crippen LogP contribution in [0.25, 0.3) is 0 Å². The Labute approximate surface area is 627 Å². The molecule has 104 heavy (non-hydrogen) atoms. The van der Waals surface area contributed by atoms with Crippen molar-refractivity contribution in [3.63, 3.8) is 0 Å². The molecule has 17 nitrogen and oxygen atoms in total. The van der Waals surface area contributed by atoms with E-state index in [0.717, 1.165) is 161 Å². The summed E-state index contributed by atoms with van der Waals surface area (Å²) in [6.45, 7) is 4.26. The Morgan fingerprint density at radius 1 is 0.279 bits per heavy atom. The molecule has 3 N–H and O–H groups in total. The lowest BCUT2D eigenvalue weighted by atomic mass is 10.1. The SMILES string of the molecule is CC/C=C\C/C=C\C/C=C\C/C=C\C/C=C\C/C=C\CCC(=O)OCC(COP(=O)(O)OCC(O)COP(=O)(O)OCC(COC(=O)CCCCC/C=C\C/C=C\C/C=C\C/C=C\C/C=C\CC)OC(=O)CCCC/C=C\C/C=C\C/C=C\C/C=C\CC)OC(=O)CCCCCCC/C=C\CCCC. The highest BCUT2D eigenvalue weighted by molar-refractivity contribution is 7.47. The lowest BCUT2D eigenvalue weighted by molar-refractivity contribution is -0.161. The Balaban J connectivity index is 5.48. The molecule has 0 saturated carbocycles. The fourth-order valence-corrected chi connectivity index (χ4v) is 10.8. The van der Waals surface area contributed by atoms with Gasteiger partial charge in [0.15, 0.2) is 12.2 Å². The minimum absolute atomic E-state index is 0.0252. The third-order valence-corrected chi connectivity index (χ3v) is 16.9. The van der Waals surface area contributed by atoms with Gasteiger partial charge >= 0.3 is 39.5 Å². The van der Waals surface area contributed by atoms with Crippen molar-refractivity contribution in [1.82, 2.24) is 0 Å². The number of phosphoric ester groups is 2. The van der Waals surface area contributed by atoms with E-state index in [-0.39, 0.29) is 25.7 Å². The molecule has 0 aromatic carbocycles. The molecule has 0 aliphatic rings. The number of esters is 4. The number of carbonyl (C=O) groups excluding carboxylic acids is 4. The third kappa shape index (κ3) is 74.2. The summed E-state index contributed by atoms with van der Waals surface area (Å²) in [6.07, 6.45) is 91.6. The zero-order valence-corrected chi connectivity index (χ0v) is 65.6. The summed E-state index contributed by atoms with van der Waals surface area (Å²) in [5.74, 6) is -2.39. The van der Waals surface area contributed by atoms with Crippen LogP contribution in [0.3, 0.4) is 0 Å². The first kappa shape index (κ1) is 97.9. The van der Waals surface area contributed by atoms with E-state index in [1.54, 1.807) is 0 Å². The van der Waals surface area contributed by atoms with Crippen LogP contribution in [-0.2, 0) is 65.4 Å². The Morgan fingerprint density at radius 3 is 0.865 bits per heavy atom. The largest absolute Gasteiger partial charge is 0.472 e. The zero-order chi connectivity index (χ0) is 76.0. The van der Waals surface area contributed by atoms with Crippen LogP contribution in [0.2, 0.25) is 0 Å². The second-order valence-electron chi connectivity index (χ2n) is 24.8. The van der Waals surface area contributed by atoms with Crippen molar-refractivity contribution >= 4 is 39.5 Å². The van der Waals surface area contributed by atoms with Crippen LogP contribution < -0.4 is 0 Å². The van der Waals surface area contributed by atoms with E-state index in [1.807, 2.05) is 18.2 Å². The van der Waals surface area contributed by atoms with Gasteiger partial charge in [0.2, 0.25) is 0 Å². The van der Waals surface area contributed by atoms with E-state index >= 15 is 0 Å². The molecule has 19 heteroatoms. The molecule has 0 aromatic rings. The number of carbonyl (C=O) groups is 4.